The third kappa shape index (κ3) is 2.87. The van der Waals surface area contributed by atoms with Gasteiger partial charge >= 0.3 is 0 Å². The number of benzene rings is 1. The fourth-order valence-electron chi connectivity index (χ4n) is 2.19. The number of nitro groups is 1. The van der Waals surface area contributed by atoms with Crippen molar-refractivity contribution < 1.29 is 9.31 Å². The van der Waals surface area contributed by atoms with Crippen LogP contribution in [0, 0.1) is 15.9 Å². The van der Waals surface area contributed by atoms with Crippen molar-refractivity contribution in [2.45, 2.75) is 13.0 Å². The number of hydrogen-bond acceptors (Lipinski definition) is 4. The Balaban J connectivity index is 2.38. The number of anilines is 1. The van der Waals surface area contributed by atoms with Crippen molar-refractivity contribution in [1.29, 1.82) is 0 Å². The van der Waals surface area contributed by atoms with Gasteiger partial charge in [-0.3, -0.25) is 10.1 Å². The van der Waals surface area contributed by atoms with Gasteiger partial charge in [0, 0.05) is 37.8 Å². The Hall–Kier alpha value is -1.21. The summed E-state index contributed by atoms with van der Waals surface area (Å²) in [5, 5.41) is 11.1. The van der Waals surface area contributed by atoms with Crippen LogP contribution in [-0.2, 0) is 0 Å². The largest absolute Gasteiger partial charge is 0.363 e. The van der Waals surface area contributed by atoms with Crippen molar-refractivity contribution in [3.05, 3.63) is 32.5 Å². The molecular weight excluding hydrogens is 317 g/mol. The van der Waals surface area contributed by atoms with Crippen molar-refractivity contribution in [2.24, 2.45) is 0 Å². The summed E-state index contributed by atoms with van der Waals surface area (Å²) in [6.45, 7) is 4.16. The Morgan fingerprint density at radius 1 is 1.47 bits per heavy atom. The summed E-state index contributed by atoms with van der Waals surface area (Å²) in [6, 6.07) is 2.74. The van der Waals surface area contributed by atoms with Crippen molar-refractivity contribution in [2.75, 3.05) is 31.6 Å². The highest BCUT2D eigenvalue weighted by Gasteiger charge is 2.27. The maximum Gasteiger partial charge on any atom is 0.293 e. The highest BCUT2D eigenvalue weighted by Crippen LogP contribution is 2.34. The van der Waals surface area contributed by atoms with Crippen LogP contribution in [-0.4, -0.2) is 42.5 Å². The van der Waals surface area contributed by atoms with E-state index in [2.05, 4.69) is 20.8 Å². The molecule has 1 aromatic rings. The fourth-order valence-corrected chi connectivity index (χ4v) is 2.52. The van der Waals surface area contributed by atoms with Crippen LogP contribution in [0.25, 0.3) is 0 Å². The molecular formula is C12H15BrFN3O2. The summed E-state index contributed by atoms with van der Waals surface area (Å²) in [4.78, 5) is 14.7. The van der Waals surface area contributed by atoms with Gasteiger partial charge in [0.1, 0.15) is 11.5 Å². The van der Waals surface area contributed by atoms with E-state index in [1.807, 2.05) is 18.9 Å². The van der Waals surface area contributed by atoms with Gasteiger partial charge in [-0.1, -0.05) is 0 Å². The Morgan fingerprint density at radius 2 is 2.16 bits per heavy atom. The van der Waals surface area contributed by atoms with Crippen LogP contribution in [0.15, 0.2) is 16.6 Å². The van der Waals surface area contributed by atoms with E-state index >= 15 is 0 Å². The molecule has 2 rings (SSSR count). The summed E-state index contributed by atoms with van der Waals surface area (Å²) in [5.41, 5.74) is 0.288. The predicted octanol–water partition coefficient (Wildman–Crippen LogP) is 2.64. The molecule has 0 spiro atoms. The molecule has 104 valence electrons. The topological polar surface area (TPSA) is 49.6 Å². The fraction of sp³-hybridized carbons (Fsp3) is 0.500. The van der Waals surface area contributed by atoms with E-state index in [0.717, 1.165) is 6.54 Å². The van der Waals surface area contributed by atoms with Crippen LogP contribution in [0.3, 0.4) is 0 Å². The van der Waals surface area contributed by atoms with Gasteiger partial charge in [0.2, 0.25) is 0 Å². The summed E-state index contributed by atoms with van der Waals surface area (Å²) >= 11 is 2.99. The van der Waals surface area contributed by atoms with E-state index < -0.39 is 10.7 Å². The molecule has 0 saturated carbocycles. The number of hydrogen-bond donors (Lipinski definition) is 0. The highest BCUT2D eigenvalue weighted by atomic mass is 79.9. The van der Waals surface area contributed by atoms with Gasteiger partial charge in [-0.2, -0.15) is 0 Å². The average Bonchev–Trinajstić information content (AvgIpc) is 2.35. The third-order valence-electron chi connectivity index (χ3n) is 3.51. The SMILES string of the molecule is C[C@H]1CN(c2cc(F)c(Br)cc2[N+](=O)[O-])CCN1C. The van der Waals surface area contributed by atoms with E-state index in [9.17, 15) is 14.5 Å². The minimum Gasteiger partial charge on any atom is -0.363 e. The van der Waals surface area contributed by atoms with Crippen LogP contribution >= 0.6 is 15.9 Å². The van der Waals surface area contributed by atoms with E-state index in [-0.39, 0.29) is 16.2 Å². The molecule has 0 unspecified atom stereocenters. The number of likely N-dealkylation sites (N-methyl/N-ethyl adjacent to an activating group) is 1. The molecule has 0 radical (unpaired) electrons. The molecule has 19 heavy (non-hydrogen) atoms. The van der Waals surface area contributed by atoms with Gasteiger partial charge in [0.25, 0.3) is 5.69 Å². The van der Waals surface area contributed by atoms with Crippen molar-refractivity contribution >= 4 is 27.3 Å². The van der Waals surface area contributed by atoms with Gasteiger partial charge in [0.15, 0.2) is 0 Å². The normalized spacial score (nSPS) is 20.6. The van der Waals surface area contributed by atoms with Gasteiger partial charge in [-0.25, -0.2) is 4.39 Å². The minimum atomic E-state index is -0.479. The van der Waals surface area contributed by atoms with Crippen LogP contribution in [0.1, 0.15) is 6.92 Å². The Morgan fingerprint density at radius 3 is 2.74 bits per heavy atom. The van der Waals surface area contributed by atoms with Crippen molar-refractivity contribution in [1.82, 2.24) is 4.90 Å². The van der Waals surface area contributed by atoms with E-state index in [1.165, 1.54) is 12.1 Å². The minimum absolute atomic E-state index is 0.0648. The van der Waals surface area contributed by atoms with E-state index in [1.54, 1.807) is 0 Å². The van der Waals surface area contributed by atoms with E-state index in [4.69, 9.17) is 0 Å². The lowest BCUT2D eigenvalue weighted by Gasteiger charge is -2.38. The van der Waals surface area contributed by atoms with Crippen LogP contribution in [0.4, 0.5) is 15.8 Å². The van der Waals surface area contributed by atoms with Crippen LogP contribution in [0.5, 0.6) is 0 Å². The zero-order valence-electron chi connectivity index (χ0n) is 10.8. The van der Waals surface area contributed by atoms with Crippen LogP contribution < -0.4 is 4.90 Å². The molecule has 1 aliphatic heterocycles. The molecule has 0 bridgehead atoms. The lowest BCUT2D eigenvalue weighted by atomic mass is 10.1. The number of piperazine rings is 1. The molecule has 1 heterocycles. The molecule has 0 amide bonds. The molecule has 0 N–H and O–H groups in total. The summed E-state index contributed by atoms with van der Waals surface area (Å²) < 4.78 is 13.8. The van der Waals surface area contributed by atoms with Gasteiger partial charge in [-0.15, -0.1) is 0 Å². The summed E-state index contributed by atoms with van der Waals surface area (Å²) in [5.74, 6) is -0.479. The molecule has 1 aromatic carbocycles. The highest BCUT2D eigenvalue weighted by molar-refractivity contribution is 9.10. The smallest absolute Gasteiger partial charge is 0.293 e. The second kappa shape index (κ2) is 5.42. The zero-order chi connectivity index (χ0) is 14.2. The van der Waals surface area contributed by atoms with Crippen LogP contribution in [0.2, 0.25) is 0 Å². The summed E-state index contributed by atoms with van der Waals surface area (Å²) in [7, 11) is 2.01. The molecule has 1 fully saturated rings. The Labute approximate surface area is 119 Å². The maximum absolute atomic E-state index is 13.6. The predicted molar refractivity (Wildman–Crippen MR) is 75.1 cm³/mol. The van der Waals surface area contributed by atoms with E-state index in [0.29, 0.717) is 18.8 Å². The van der Waals surface area contributed by atoms with Crippen molar-refractivity contribution in [3.8, 4) is 0 Å². The Bertz CT molecular complexity index is 512. The second-order valence-corrected chi connectivity index (χ2v) is 5.64. The number of halogens is 2. The average molecular weight is 332 g/mol. The molecule has 1 aliphatic rings. The summed E-state index contributed by atoms with van der Waals surface area (Å²) in [6.07, 6.45) is 0. The molecule has 0 aliphatic carbocycles. The van der Waals surface area contributed by atoms with Gasteiger partial charge < -0.3 is 9.80 Å². The molecule has 7 heteroatoms. The second-order valence-electron chi connectivity index (χ2n) is 4.79. The third-order valence-corrected chi connectivity index (χ3v) is 4.12. The number of rotatable bonds is 2. The first-order chi connectivity index (χ1) is 8.90. The van der Waals surface area contributed by atoms with Gasteiger partial charge in [0.05, 0.1) is 9.40 Å². The molecule has 0 aromatic heterocycles. The standard InChI is InChI=1S/C12H15BrFN3O2/c1-8-7-16(4-3-15(8)2)11-6-10(14)9(13)5-12(11)17(18)19/h5-6,8H,3-4,7H2,1-2H3/t8-/m0/s1. The zero-order valence-corrected chi connectivity index (χ0v) is 12.4. The maximum atomic E-state index is 13.6. The Kier molecular flexibility index (Phi) is 4.05. The lowest BCUT2D eigenvalue weighted by Crippen LogP contribution is -2.50. The number of nitrogens with zero attached hydrogens (tertiary/aromatic N) is 3. The quantitative estimate of drug-likeness (QED) is 0.617. The van der Waals surface area contributed by atoms with Gasteiger partial charge in [-0.05, 0) is 29.9 Å². The first kappa shape index (κ1) is 14.2. The molecule has 1 saturated heterocycles. The monoisotopic (exact) mass is 331 g/mol. The number of nitro benzene ring substituents is 1. The first-order valence-electron chi connectivity index (χ1n) is 5.98. The molecule has 5 nitrogen and oxygen atoms in total. The lowest BCUT2D eigenvalue weighted by molar-refractivity contribution is -0.384. The molecule has 1 atom stereocenters. The van der Waals surface area contributed by atoms with Crippen molar-refractivity contribution in [3.63, 3.8) is 0 Å². The first-order valence-corrected chi connectivity index (χ1v) is 6.78.